The third-order valence-electron chi connectivity index (χ3n) is 4.37. The van der Waals surface area contributed by atoms with Gasteiger partial charge in [0, 0.05) is 5.92 Å². The number of carboxylic acids is 1. The second-order valence-electron chi connectivity index (χ2n) is 5.82. The second-order valence-corrected chi connectivity index (χ2v) is 7.98. The molecule has 1 amide bonds. The van der Waals surface area contributed by atoms with E-state index in [1.54, 1.807) is 6.92 Å². The maximum Gasteiger partial charge on any atom is 0.330 e. The quantitative estimate of drug-likeness (QED) is 0.605. The van der Waals surface area contributed by atoms with E-state index >= 15 is 0 Å². The van der Waals surface area contributed by atoms with Gasteiger partial charge in [-0.15, -0.1) is 0 Å². The first-order valence-corrected chi connectivity index (χ1v) is 8.41. The van der Waals surface area contributed by atoms with Gasteiger partial charge in [0.1, 0.15) is 0 Å². The molecule has 8 heteroatoms. The summed E-state index contributed by atoms with van der Waals surface area (Å²) in [5.74, 6) is -3.23. The number of rotatable bonds is 5. The van der Waals surface area contributed by atoms with E-state index in [4.69, 9.17) is 5.73 Å². The molecule has 0 spiro atoms. The molecule has 2 aliphatic rings. The number of hydrogen-bond donors (Lipinski definition) is 3. The van der Waals surface area contributed by atoms with Crippen LogP contribution in [0, 0.1) is 11.8 Å². The lowest BCUT2D eigenvalue weighted by molar-refractivity contribution is -0.147. The van der Waals surface area contributed by atoms with E-state index in [2.05, 4.69) is 5.32 Å². The van der Waals surface area contributed by atoms with Crippen LogP contribution in [-0.2, 0) is 19.4 Å². The molecule has 2 fully saturated rings. The fraction of sp³-hybridized carbons (Fsp3) is 0.833. The van der Waals surface area contributed by atoms with Crippen LogP contribution >= 0.6 is 0 Å². The van der Waals surface area contributed by atoms with Crippen molar-refractivity contribution < 1.29 is 23.1 Å². The molecule has 1 aliphatic carbocycles. The van der Waals surface area contributed by atoms with Crippen molar-refractivity contribution in [1.29, 1.82) is 0 Å². The van der Waals surface area contributed by atoms with Gasteiger partial charge in [-0.25, -0.2) is 13.2 Å². The molecule has 0 bridgehead atoms. The highest BCUT2D eigenvalue weighted by molar-refractivity contribution is 7.92. The van der Waals surface area contributed by atoms with Crippen LogP contribution in [0.15, 0.2) is 0 Å². The number of nitrogens with two attached hydrogens (primary N) is 1. The van der Waals surface area contributed by atoms with Crippen molar-refractivity contribution in [3.8, 4) is 0 Å². The van der Waals surface area contributed by atoms with Crippen molar-refractivity contribution in [2.45, 2.75) is 43.5 Å². The lowest BCUT2D eigenvalue weighted by Gasteiger charge is -2.28. The summed E-state index contributed by atoms with van der Waals surface area (Å²) in [5.41, 5.74) is 3.95. The zero-order chi connectivity index (χ0) is 15.3. The lowest BCUT2D eigenvalue weighted by Crippen LogP contribution is -2.61. The molecule has 0 unspecified atom stereocenters. The predicted molar refractivity (Wildman–Crippen MR) is 71.6 cm³/mol. The molecule has 0 aromatic rings. The minimum absolute atomic E-state index is 0.243. The summed E-state index contributed by atoms with van der Waals surface area (Å²) < 4.78 is 23.9. The molecule has 7 nitrogen and oxygen atoms in total. The number of carbonyl (C=O) groups is 2. The monoisotopic (exact) mass is 304 g/mol. The molecule has 1 saturated heterocycles. The Morgan fingerprint density at radius 1 is 1.50 bits per heavy atom. The van der Waals surface area contributed by atoms with Gasteiger partial charge >= 0.3 is 5.97 Å². The van der Waals surface area contributed by atoms with Crippen LogP contribution in [0.2, 0.25) is 0 Å². The van der Waals surface area contributed by atoms with Crippen molar-refractivity contribution >= 4 is 21.7 Å². The zero-order valence-electron chi connectivity index (χ0n) is 11.5. The maximum absolute atomic E-state index is 12.0. The minimum Gasteiger partial charge on any atom is -0.479 e. The third kappa shape index (κ3) is 2.10. The molecule has 1 aliphatic heterocycles. The van der Waals surface area contributed by atoms with Crippen molar-refractivity contribution in [3.05, 3.63) is 0 Å². The highest BCUT2D eigenvalue weighted by atomic mass is 32.2. The second kappa shape index (κ2) is 4.70. The zero-order valence-corrected chi connectivity index (χ0v) is 12.3. The molecule has 1 heterocycles. The van der Waals surface area contributed by atoms with E-state index < -0.39 is 50.2 Å². The van der Waals surface area contributed by atoms with Gasteiger partial charge in [0.2, 0.25) is 5.91 Å². The summed E-state index contributed by atoms with van der Waals surface area (Å²) in [4.78, 5) is 23.6. The van der Waals surface area contributed by atoms with E-state index in [9.17, 15) is 23.1 Å². The Bertz CT molecular complexity index is 546. The van der Waals surface area contributed by atoms with Crippen LogP contribution in [0.4, 0.5) is 0 Å². The first kappa shape index (κ1) is 15.2. The number of amides is 1. The average molecular weight is 304 g/mol. The maximum atomic E-state index is 12.0. The van der Waals surface area contributed by atoms with Crippen molar-refractivity contribution in [3.63, 3.8) is 0 Å². The van der Waals surface area contributed by atoms with Gasteiger partial charge in [-0.1, -0.05) is 20.3 Å². The molecule has 20 heavy (non-hydrogen) atoms. The van der Waals surface area contributed by atoms with Gasteiger partial charge < -0.3 is 16.2 Å². The van der Waals surface area contributed by atoms with E-state index in [1.165, 1.54) is 0 Å². The van der Waals surface area contributed by atoms with Crippen molar-refractivity contribution in [1.82, 2.24) is 5.32 Å². The van der Waals surface area contributed by atoms with Crippen LogP contribution in [0.3, 0.4) is 0 Å². The van der Waals surface area contributed by atoms with Crippen LogP contribution in [-0.4, -0.2) is 48.0 Å². The Morgan fingerprint density at radius 3 is 2.50 bits per heavy atom. The SMILES string of the molecule is CCC[C@H](N)C(=O)N[C@@]1(C(=O)O)CS(=O)(=O)[C@H]2[C@H](C)[C@H]21. The van der Waals surface area contributed by atoms with Crippen molar-refractivity contribution in [2.24, 2.45) is 17.6 Å². The topological polar surface area (TPSA) is 127 Å². The first-order valence-electron chi connectivity index (χ1n) is 6.70. The number of hydrogen-bond acceptors (Lipinski definition) is 5. The number of carbonyl (C=O) groups excluding carboxylic acids is 1. The van der Waals surface area contributed by atoms with E-state index in [0.717, 1.165) is 0 Å². The summed E-state index contributed by atoms with van der Waals surface area (Å²) in [7, 11) is -3.47. The number of sulfone groups is 1. The van der Waals surface area contributed by atoms with Gasteiger partial charge in [0.25, 0.3) is 0 Å². The molecular formula is C12H20N2O5S. The molecule has 0 aromatic carbocycles. The standard InChI is InChI=1S/C12H20N2O5S/c1-3-4-7(13)10(15)14-12(11(16)17)5-20(18,19)9-6(2)8(9)12/h6-9H,3-5,13H2,1-2H3,(H,14,15)(H,16,17)/t6-,7+,8-,9+,12+/m1/s1. The van der Waals surface area contributed by atoms with E-state index in [0.29, 0.717) is 12.8 Å². The normalized spacial score (nSPS) is 38.9. The highest BCUT2D eigenvalue weighted by Crippen LogP contribution is 2.57. The fourth-order valence-electron chi connectivity index (χ4n) is 3.35. The fourth-order valence-corrected chi connectivity index (χ4v) is 6.22. The van der Waals surface area contributed by atoms with Gasteiger partial charge in [0.05, 0.1) is 17.0 Å². The summed E-state index contributed by atoms with van der Waals surface area (Å²) in [6.07, 6.45) is 1.12. The molecule has 5 atom stereocenters. The Morgan fingerprint density at radius 2 is 2.10 bits per heavy atom. The molecule has 0 aromatic heterocycles. The Labute approximate surface area is 117 Å². The van der Waals surface area contributed by atoms with Gasteiger partial charge in [0.15, 0.2) is 15.4 Å². The molecule has 4 N–H and O–H groups in total. The smallest absolute Gasteiger partial charge is 0.330 e. The Balaban J connectivity index is 2.26. The molecular weight excluding hydrogens is 284 g/mol. The molecule has 0 radical (unpaired) electrons. The van der Waals surface area contributed by atoms with Crippen LogP contribution in [0.5, 0.6) is 0 Å². The number of nitrogens with one attached hydrogen (secondary N) is 1. The first-order chi connectivity index (χ1) is 9.17. The Kier molecular flexibility index (Phi) is 3.58. The number of aliphatic carboxylic acids is 1. The van der Waals surface area contributed by atoms with E-state index in [1.807, 2.05) is 6.92 Å². The van der Waals surface area contributed by atoms with Crippen LogP contribution in [0.1, 0.15) is 26.7 Å². The van der Waals surface area contributed by atoms with Gasteiger partial charge in [-0.05, 0) is 12.3 Å². The van der Waals surface area contributed by atoms with Gasteiger partial charge in [-0.2, -0.15) is 0 Å². The van der Waals surface area contributed by atoms with Crippen LogP contribution in [0.25, 0.3) is 0 Å². The minimum atomic E-state index is -3.47. The largest absolute Gasteiger partial charge is 0.479 e. The summed E-state index contributed by atoms with van der Waals surface area (Å²) in [6, 6.07) is -0.813. The molecule has 114 valence electrons. The number of carboxylic acid groups (broad SMARTS) is 1. The van der Waals surface area contributed by atoms with Crippen molar-refractivity contribution in [2.75, 3.05) is 5.75 Å². The summed E-state index contributed by atoms with van der Waals surface area (Å²) in [5, 5.41) is 11.2. The van der Waals surface area contributed by atoms with Crippen LogP contribution < -0.4 is 11.1 Å². The molecule has 1 saturated carbocycles. The lowest BCUT2D eigenvalue weighted by atomic mass is 9.93. The predicted octanol–water partition coefficient (Wildman–Crippen LogP) is -0.884. The third-order valence-corrected chi connectivity index (χ3v) is 6.78. The highest BCUT2D eigenvalue weighted by Gasteiger charge is 2.75. The number of fused-ring (bicyclic) bond motifs is 1. The average Bonchev–Trinajstić information content (AvgIpc) is 2.93. The van der Waals surface area contributed by atoms with Gasteiger partial charge in [-0.3, -0.25) is 4.79 Å². The molecule has 2 rings (SSSR count). The summed E-state index contributed by atoms with van der Waals surface area (Å²) in [6.45, 7) is 3.56. The summed E-state index contributed by atoms with van der Waals surface area (Å²) >= 11 is 0. The van der Waals surface area contributed by atoms with E-state index in [-0.39, 0.29) is 5.92 Å². The Hall–Kier alpha value is -1.15.